The van der Waals surface area contributed by atoms with Crippen LogP contribution in [-0.2, 0) is 22.1 Å². The van der Waals surface area contributed by atoms with Gasteiger partial charge in [0.15, 0.2) is 0 Å². The van der Waals surface area contributed by atoms with Crippen LogP contribution in [0.5, 0.6) is 5.75 Å². The molecule has 0 amide bonds. The zero-order valence-corrected chi connectivity index (χ0v) is 21.5. The molecule has 1 unspecified atom stereocenters. The molecule has 3 aromatic rings. The van der Waals surface area contributed by atoms with Gasteiger partial charge in [-0.25, -0.2) is 4.57 Å². The van der Waals surface area contributed by atoms with Gasteiger partial charge in [0.2, 0.25) is 0 Å². The summed E-state index contributed by atoms with van der Waals surface area (Å²) in [6, 6.07) is 23.7. The number of hydrogen-bond acceptors (Lipinski definition) is 6. The standard InChI is InChI=1S/C25H29ClNO6PS/c26-24-15-23(12-11-20(24)8-5-13-25(27,17-28)18-33-34(29,30)31)35-22-10-4-9-21(14-22)32-16-19-6-2-1-3-7-19/h1-4,6-7,9-12,14-15,28H,5,8,13,16-18,27H2,(H2,29,30,31). The summed E-state index contributed by atoms with van der Waals surface area (Å²) >= 11 is 8.08. The van der Waals surface area contributed by atoms with E-state index in [2.05, 4.69) is 4.52 Å². The fourth-order valence-corrected chi connectivity index (χ4v) is 5.01. The van der Waals surface area contributed by atoms with Crippen molar-refractivity contribution in [2.24, 2.45) is 5.73 Å². The molecule has 3 rings (SSSR count). The quantitative estimate of drug-likeness (QED) is 0.220. The van der Waals surface area contributed by atoms with Gasteiger partial charge in [0.05, 0.1) is 18.8 Å². The average Bonchev–Trinajstić information content (AvgIpc) is 2.83. The van der Waals surface area contributed by atoms with Gasteiger partial charge < -0.3 is 25.4 Å². The lowest BCUT2D eigenvalue weighted by Gasteiger charge is -2.27. The first kappa shape index (κ1) is 27.7. The van der Waals surface area contributed by atoms with Gasteiger partial charge in [-0.1, -0.05) is 65.8 Å². The molecule has 0 saturated heterocycles. The van der Waals surface area contributed by atoms with Crippen LogP contribution in [0, 0.1) is 0 Å². The fourth-order valence-electron chi connectivity index (χ4n) is 3.34. The first-order chi connectivity index (χ1) is 16.7. The SMILES string of the molecule is NC(CO)(CCCc1ccc(Sc2cccc(OCc3ccccc3)c2)cc1Cl)COP(=O)(O)O. The first-order valence-electron chi connectivity index (χ1n) is 11.0. The Hall–Kier alpha value is -1.87. The van der Waals surface area contributed by atoms with Crippen molar-refractivity contribution in [3.63, 3.8) is 0 Å². The second kappa shape index (κ2) is 12.9. The smallest absolute Gasteiger partial charge is 0.469 e. The summed E-state index contributed by atoms with van der Waals surface area (Å²) in [5.74, 6) is 0.790. The Bertz CT molecular complexity index is 1150. The molecule has 35 heavy (non-hydrogen) atoms. The van der Waals surface area contributed by atoms with E-state index >= 15 is 0 Å². The Morgan fingerprint density at radius 2 is 1.74 bits per heavy atom. The summed E-state index contributed by atoms with van der Waals surface area (Å²) in [4.78, 5) is 19.7. The third-order valence-corrected chi connectivity index (χ3v) is 7.07. The van der Waals surface area contributed by atoms with Gasteiger partial charge in [0.25, 0.3) is 0 Å². The Kier molecular flexibility index (Phi) is 10.2. The zero-order chi connectivity index (χ0) is 25.3. The third-order valence-electron chi connectivity index (χ3n) is 5.27. The number of hydrogen-bond donors (Lipinski definition) is 4. The van der Waals surface area contributed by atoms with Crippen LogP contribution in [-0.4, -0.2) is 33.6 Å². The zero-order valence-electron chi connectivity index (χ0n) is 19.0. The van der Waals surface area contributed by atoms with Crippen molar-refractivity contribution in [1.82, 2.24) is 0 Å². The van der Waals surface area contributed by atoms with Gasteiger partial charge >= 0.3 is 7.82 Å². The highest BCUT2D eigenvalue weighted by Gasteiger charge is 2.28. The number of phosphoric acid groups is 1. The Morgan fingerprint density at radius 3 is 2.43 bits per heavy atom. The van der Waals surface area contributed by atoms with Gasteiger partial charge in [-0.15, -0.1) is 0 Å². The minimum Gasteiger partial charge on any atom is -0.489 e. The number of ether oxygens (including phenoxy) is 1. The molecule has 0 bridgehead atoms. The van der Waals surface area contributed by atoms with E-state index in [4.69, 9.17) is 31.9 Å². The van der Waals surface area contributed by atoms with Gasteiger partial charge in [-0.2, -0.15) is 0 Å². The number of rotatable bonds is 13. The fraction of sp³-hybridized carbons (Fsp3) is 0.280. The van der Waals surface area contributed by atoms with E-state index in [1.165, 1.54) is 0 Å². The molecule has 0 fully saturated rings. The van der Waals surface area contributed by atoms with Gasteiger partial charge in [-0.3, -0.25) is 4.52 Å². The largest absolute Gasteiger partial charge is 0.489 e. The molecular formula is C25H29ClNO6PS. The molecular weight excluding hydrogens is 509 g/mol. The van der Waals surface area contributed by atoms with Crippen LogP contribution in [0.15, 0.2) is 82.6 Å². The predicted octanol–water partition coefficient (Wildman–Crippen LogP) is 5.19. The molecule has 0 radical (unpaired) electrons. The van der Waals surface area contributed by atoms with Crippen molar-refractivity contribution < 1.29 is 28.7 Å². The van der Waals surface area contributed by atoms with E-state index in [1.54, 1.807) is 11.8 Å². The number of benzene rings is 3. The van der Waals surface area contributed by atoms with E-state index in [9.17, 15) is 9.67 Å². The summed E-state index contributed by atoms with van der Waals surface area (Å²) < 4.78 is 21.3. The van der Waals surface area contributed by atoms with Crippen molar-refractivity contribution in [3.8, 4) is 5.75 Å². The molecule has 7 nitrogen and oxygen atoms in total. The Labute approximate surface area is 214 Å². The number of phosphoric ester groups is 1. The Balaban J connectivity index is 1.54. The summed E-state index contributed by atoms with van der Waals surface area (Å²) in [5, 5.41) is 10.1. The lowest BCUT2D eigenvalue weighted by Crippen LogP contribution is -2.47. The van der Waals surface area contributed by atoms with Crippen molar-refractivity contribution in [2.45, 2.75) is 41.2 Å². The molecule has 0 aliphatic carbocycles. The minimum atomic E-state index is -4.65. The lowest BCUT2D eigenvalue weighted by molar-refractivity contribution is 0.100. The van der Waals surface area contributed by atoms with Crippen LogP contribution in [0.4, 0.5) is 0 Å². The van der Waals surface area contributed by atoms with E-state index < -0.39 is 26.6 Å². The maximum Gasteiger partial charge on any atom is 0.469 e. The molecule has 3 aromatic carbocycles. The molecule has 0 saturated carbocycles. The van der Waals surface area contributed by atoms with Crippen molar-refractivity contribution in [2.75, 3.05) is 13.2 Å². The minimum absolute atomic E-state index is 0.312. The highest BCUT2D eigenvalue weighted by Crippen LogP contribution is 2.37. The van der Waals surface area contributed by atoms with Gasteiger partial charge in [0.1, 0.15) is 12.4 Å². The summed E-state index contributed by atoms with van der Waals surface area (Å²) in [6.07, 6.45) is 1.47. The second-order valence-electron chi connectivity index (χ2n) is 8.24. The molecule has 0 aliphatic rings. The molecule has 0 aromatic heterocycles. The number of aryl methyl sites for hydroxylation is 1. The summed E-state index contributed by atoms with van der Waals surface area (Å²) in [6.45, 7) is -0.392. The van der Waals surface area contributed by atoms with Crippen LogP contribution in [0.3, 0.4) is 0 Å². The molecule has 0 spiro atoms. The molecule has 188 valence electrons. The van der Waals surface area contributed by atoms with Gasteiger partial charge in [-0.05, 0) is 60.7 Å². The first-order valence-corrected chi connectivity index (χ1v) is 13.7. The molecule has 5 N–H and O–H groups in total. The summed E-state index contributed by atoms with van der Waals surface area (Å²) in [5.41, 5.74) is 6.81. The average molecular weight is 538 g/mol. The topological polar surface area (TPSA) is 122 Å². The maximum absolute atomic E-state index is 10.9. The summed E-state index contributed by atoms with van der Waals surface area (Å²) in [7, 11) is -4.65. The highest BCUT2D eigenvalue weighted by molar-refractivity contribution is 7.99. The highest BCUT2D eigenvalue weighted by atomic mass is 35.5. The van der Waals surface area contributed by atoms with Crippen molar-refractivity contribution in [3.05, 3.63) is 88.9 Å². The number of halogens is 1. The monoisotopic (exact) mass is 537 g/mol. The lowest BCUT2D eigenvalue weighted by atomic mass is 9.94. The van der Waals surface area contributed by atoms with E-state index in [-0.39, 0.29) is 0 Å². The molecule has 0 heterocycles. The van der Waals surface area contributed by atoms with Crippen LogP contribution in [0.2, 0.25) is 5.02 Å². The van der Waals surface area contributed by atoms with Crippen molar-refractivity contribution >= 4 is 31.2 Å². The van der Waals surface area contributed by atoms with E-state index in [1.807, 2.05) is 72.8 Å². The van der Waals surface area contributed by atoms with Crippen LogP contribution < -0.4 is 10.5 Å². The second-order valence-corrected chi connectivity index (χ2v) is 11.0. The predicted molar refractivity (Wildman–Crippen MR) is 138 cm³/mol. The van der Waals surface area contributed by atoms with Crippen LogP contribution >= 0.6 is 31.2 Å². The van der Waals surface area contributed by atoms with Crippen LogP contribution in [0.25, 0.3) is 0 Å². The number of aliphatic hydroxyl groups is 1. The molecule has 0 aliphatic heterocycles. The van der Waals surface area contributed by atoms with E-state index in [0.29, 0.717) is 30.9 Å². The van der Waals surface area contributed by atoms with Crippen molar-refractivity contribution in [1.29, 1.82) is 0 Å². The maximum atomic E-state index is 10.9. The van der Waals surface area contributed by atoms with Crippen LogP contribution in [0.1, 0.15) is 24.0 Å². The number of nitrogens with two attached hydrogens (primary N) is 1. The molecule has 10 heteroatoms. The van der Waals surface area contributed by atoms with E-state index in [0.717, 1.165) is 26.7 Å². The molecule has 1 atom stereocenters. The number of aliphatic hydroxyl groups excluding tert-OH is 1. The Morgan fingerprint density at radius 1 is 1.00 bits per heavy atom. The normalized spacial score (nSPS) is 13.4. The van der Waals surface area contributed by atoms with Gasteiger partial charge in [0, 0.05) is 14.8 Å². The third kappa shape index (κ3) is 9.60.